The second-order valence-electron chi connectivity index (χ2n) is 3.33. The van der Waals surface area contributed by atoms with E-state index in [1.54, 1.807) is 0 Å². The third-order valence-electron chi connectivity index (χ3n) is 1.78. The van der Waals surface area contributed by atoms with E-state index in [0.29, 0.717) is 13.2 Å². The van der Waals surface area contributed by atoms with Gasteiger partial charge < -0.3 is 4.52 Å². The molecule has 0 rings (SSSR count). The fourth-order valence-electron chi connectivity index (χ4n) is 0.858. The molecule has 0 heterocycles. The highest BCUT2D eigenvalue weighted by molar-refractivity contribution is 7.48. The summed E-state index contributed by atoms with van der Waals surface area (Å²) >= 11 is 10.9. The van der Waals surface area contributed by atoms with Crippen LogP contribution in [0, 0.1) is 0 Å². The Labute approximate surface area is 113 Å². The minimum Gasteiger partial charge on any atom is -0.391 e. The maximum Gasteiger partial charge on any atom is 0.530 e. The zero-order valence-corrected chi connectivity index (χ0v) is 12.6. The highest BCUT2D eigenvalue weighted by Gasteiger charge is 2.28. The summed E-state index contributed by atoms with van der Waals surface area (Å²) in [6.07, 6.45) is 3.39. The molecule has 0 unspecified atom stereocenters. The average Bonchev–Trinajstić information content (AvgIpc) is 2.29. The molecule has 0 radical (unpaired) electrons. The van der Waals surface area contributed by atoms with E-state index in [2.05, 4.69) is 0 Å². The van der Waals surface area contributed by atoms with Gasteiger partial charge in [-0.3, -0.25) is 9.05 Å². The van der Waals surface area contributed by atoms with Crippen molar-refractivity contribution in [3.63, 3.8) is 0 Å². The molecule has 0 fully saturated rings. The Hall–Kier alpha value is 0.270. The van der Waals surface area contributed by atoms with Crippen molar-refractivity contribution in [1.82, 2.24) is 0 Å². The van der Waals surface area contributed by atoms with E-state index >= 15 is 0 Å². The highest BCUT2D eigenvalue weighted by Crippen LogP contribution is 2.52. The van der Waals surface area contributed by atoms with Gasteiger partial charge in [-0.1, -0.05) is 38.3 Å². The number of hydrogen-bond donors (Lipinski definition) is 0. The summed E-state index contributed by atoms with van der Waals surface area (Å²) in [6, 6.07) is 0. The van der Waals surface area contributed by atoms with Crippen LogP contribution in [0.4, 0.5) is 0 Å². The van der Waals surface area contributed by atoms with Crippen molar-refractivity contribution in [2.75, 3.05) is 13.2 Å². The van der Waals surface area contributed by atoms with Crippen molar-refractivity contribution in [3.8, 4) is 0 Å². The summed E-state index contributed by atoms with van der Waals surface area (Å²) < 4.78 is 27.2. The lowest BCUT2D eigenvalue weighted by atomic mass is 10.4. The number of phosphoric ester groups is 1. The molecular formula is C10H19Cl2O4P. The molecule has 7 heteroatoms. The van der Waals surface area contributed by atoms with E-state index in [9.17, 15) is 4.57 Å². The summed E-state index contributed by atoms with van der Waals surface area (Å²) in [5.41, 5.74) is 0.973. The van der Waals surface area contributed by atoms with E-state index in [4.69, 9.17) is 36.8 Å². The SMILES string of the molecule is CCCCOP(=O)(OCCCC)OC(Cl)=CCl. The molecule has 0 bridgehead atoms. The third kappa shape index (κ3) is 8.92. The molecule has 0 aromatic rings. The van der Waals surface area contributed by atoms with Crippen LogP contribution in [0.25, 0.3) is 0 Å². The first-order chi connectivity index (χ1) is 8.08. The van der Waals surface area contributed by atoms with Gasteiger partial charge in [-0.05, 0) is 24.4 Å². The maximum atomic E-state index is 12.1. The Balaban J connectivity index is 4.29. The molecule has 0 atom stereocenters. The summed E-state index contributed by atoms with van der Waals surface area (Å²) in [5.74, 6) is 0. The lowest BCUT2D eigenvalue weighted by Gasteiger charge is -2.17. The quantitative estimate of drug-likeness (QED) is 0.323. The fraction of sp³-hybridized carbons (Fsp3) is 0.800. The molecule has 0 spiro atoms. The van der Waals surface area contributed by atoms with Gasteiger partial charge in [-0.15, -0.1) is 0 Å². The minimum absolute atomic E-state index is 0.206. The van der Waals surface area contributed by atoms with E-state index in [1.165, 1.54) is 0 Å². The second kappa shape index (κ2) is 10.2. The minimum atomic E-state index is -3.64. The lowest BCUT2D eigenvalue weighted by molar-refractivity contribution is 0.137. The normalized spacial score (nSPS) is 12.8. The smallest absolute Gasteiger partial charge is 0.391 e. The van der Waals surface area contributed by atoms with Crippen LogP contribution < -0.4 is 0 Å². The van der Waals surface area contributed by atoms with E-state index in [-0.39, 0.29) is 5.22 Å². The first-order valence-electron chi connectivity index (χ1n) is 5.62. The Morgan fingerprint density at radius 2 is 1.65 bits per heavy atom. The van der Waals surface area contributed by atoms with Crippen LogP contribution >= 0.6 is 31.0 Å². The van der Waals surface area contributed by atoms with Crippen molar-refractivity contribution < 1.29 is 18.1 Å². The average molecular weight is 305 g/mol. The van der Waals surface area contributed by atoms with Gasteiger partial charge in [0, 0.05) is 0 Å². The van der Waals surface area contributed by atoms with Crippen molar-refractivity contribution >= 4 is 31.0 Å². The number of rotatable bonds is 10. The Kier molecular flexibility index (Phi) is 10.4. The van der Waals surface area contributed by atoms with Gasteiger partial charge in [-0.25, -0.2) is 4.57 Å². The Bertz CT molecular complexity index is 257. The molecule has 0 aromatic carbocycles. The summed E-state index contributed by atoms with van der Waals surface area (Å²) in [7, 11) is -3.64. The Morgan fingerprint density at radius 3 is 2.00 bits per heavy atom. The Morgan fingerprint density at radius 1 is 1.18 bits per heavy atom. The summed E-state index contributed by atoms with van der Waals surface area (Å²) in [5, 5.41) is -0.206. The number of hydrogen-bond acceptors (Lipinski definition) is 4. The van der Waals surface area contributed by atoms with Gasteiger partial charge in [0.1, 0.15) is 0 Å². The molecule has 0 saturated carbocycles. The van der Waals surface area contributed by atoms with Crippen LogP contribution in [0.1, 0.15) is 39.5 Å². The zero-order chi connectivity index (χ0) is 13.1. The predicted octanol–water partition coefficient (Wildman–Crippen LogP) is 5.02. The highest BCUT2D eigenvalue weighted by atomic mass is 35.5. The fourth-order valence-corrected chi connectivity index (χ4v) is 2.37. The maximum absolute atomic E-state index is 12.1. The van der Waals surface area contributed by atoms with Crippen molar-refractivity contribution in [3.05, 3.63) is 10.8 Å². The molecule has 0 aliphatic heterocycles. The second-order valence-corrected chi connectivity index (χ2v) is 5.51. The molecule has 0 aliphatic rings. The van der Waals surface area contributed by atoms with Crippen LogP contribution in [0.2, 0.25) is 0 Å². The lowest BCUT2D eigenvalue weighted by Crippen LogP contribution is -2.01. The zero-order valence-electron chi connectivity index (χ0n) is 10.2. The van der Waals surface area contributed by atoms with Crippen LogP contribution in [-0.2, 0) is 18.1 Å². The number of phosphoric acid groups is 1. The molecular weight excluding hydrogens is 286 g/mol. The van der Waals surface area contributed by atoms with Crippen molar-refractivity contribution in [2.24, 2.45) is 0 Å². The predicted molar refractivity (Wildman–Crippen MR) is 70.2 cm³/mol. The van der Waals surface area contributed by atoms with Gasteiger partial charge in [0.05, 0.1) is 18.7 Å². The van der Waals surface area contributed by atoms with E-state index in [0.717, 1.165) is 31.2 Å². The first kappa shape index (κ1) is 17.3. The number of halogens is 2. The molecule has 102 valence electrons. The van der Waals surface area contributed by atoms with E-state index < -0.39 is 7.82 Å². The molecule has 17 heavy (non-hydrogen) atoms. The standard InChI is InChI=1S/C10H19Cl2O4P/c1-3-5-7-14-17(13,15-8-6-4-2)16-10(12)9-11/h9H,3-8H2,1-2H3. The van der Waals surface area contributed by atoms with Crippen molar-refractivity contribution in [1.29, 1.82) is 0 Å². The molecule has 0 aliphatic carbocycles. The van der Waals surface area contributed by atoms with Crippen LogP contribution in [0.3, 0.4) is 0 Å². The van der Waals surface area contributed by atoms with Gasteiger partial charge >= 0.3 is 7.82 Å². The van der Waals surface area contributed by atoms with Crippen LogP contribution in [-0.4, -0.2) is 13.2 Å². The van der Waals surface area contributed by atoms with Crippen LogP contribution in [0.5, 0.6) is 0 Å². The van der Waals surface area contributed by atoms with Gasteiger partial charge in [0.15, 0.2) is 0 Å². The van der Waals surface area contributed by atoms with Gasteiger partial charge in [-0.2, -0.15) is 0 Å². The molecule has 0 amide bonds. The molecule has 0 aromatic heterocycles. The molecule has 0 saturated heterocycles. The van der Waals surface area contributed by atoms with Gasteiger partial charge in [0.2, 0.25) is 5.22 Å². The molecule has 4 nitrogen and oxygen atoms in total. The number of unbranched alkanes of at least 4 members (excludes halogenated alkanes) is 2. The van der Waals surface area contributed by atoms with Crippen LogP contribution in [0.15, 0.2) is 10.8 Å². The summed E-state index contributed by atoms with van der Waals surface area (Å²) in [6.45, 7) is 4.59. The third-order valence-corrected chi connectivity index (χ3v) is 3.80. The molecule has 0 N–H and O–H groups in total. The van der Waals surface area contributed by atoms with Crippen molar-refractivity contribution in [2.45, 2.75) is 39.5 Å². The summed E-state index contributed by atoms with van der Waals surface area (Å²) in [4.78, 5) is 0. The van der Waals surface area contributed by atoms with E-state index in [1.807, 2.05) is 13.8 Å². The largest absolute Gasteiger partial charge is 0.530 e. The van der Waals surface area contributed by atoms with Gasteiger partial charge in [0.25, 0.3) is 0 Å². The first-order valence-corrected chi connectivity index (χ1v) is 7.90. The monoisotopic (exact) mass is 304 g/mol. The topological polar surface area (TPSA) is 44.8 Å².